The van der Waals surface area contributed by atoms with E-state index in [2.05, 4.69) is 21.5 Å². The van der Waals surface area contributed by atoms with Gasteiger partial charge in [-0.15, -0.1) is 0 Å². The van der Waals surface area contributed by atoms with Gasteiger partial charge in [0.1, 0.15) is 0 Å². The van der Waals surface area contributed by atoms with Crippen LogP contribution in [0.25, 0.3) is 11.2 Å². The van der Waals surface area contributed by atoms with Gasteiger partial charge < -0.3 is 9.55 Å². The molecule has 0 bridgehead atoms. The molecule has 0 amide bonds. The van der Waals surface area contributed by atoms with E-state index in [-0.39, 0.29) is 0 Å². The number of pyridine rings is 1. The van der Waals surface area contributed by atoms with E-state index in [0.29, 0.717) is 0 Å². The minimum absolute atomic E-state index is 0.760. The van der Waals surface area contributed by atoms with Crippen molar-refractivity contribution in [1.82, 2.24) is 14.5 Å². The second-order valence-electron chi connectivity index (χ2n) is 5.71. The molecule has 2 aromatic rings. The van der Waals surface area contributed by atoms with Gasteiger partial charge in [0.05, 0.1) is 5.52 Å². The van der Waals surface area contributed by atoms with E-state index in [1.807, 2.05) is 18.3 Å². The number of aromatic nitrogens is 3. The SMILES string of the molecule is CCC1CCC(Cn2c(=S)[nH]c3cccnc32)CC1. The zero-order chi connectivity index (χ0) is 13.2. The summed E-state index contributed by atoms with van der Waals surface area (Å²) < 4.78 is 2.99. The van der Waals surface area contributed by atoms with Crippen molar-refractivity contribution in [3.05, 3.63) is 23.1 Å². The summed E-state index contributed by atoms with van der Waals surface area (Å²) in [7, 11) is 0. The number of rotatable bonds is 3. The largest absolute Gasteiger partial charge is 0.329 e. The van der Waals surface area contributed by atoms with Gasteiger partial charge in [0.25, 0.3) is 0 Å². The van der Waals surface area contributed by atoms with E-state index in [9.17, 15) is 0 Å². The lowest BCUT2D eigenvalue weighted by Crippen LogP contribution is -2.18. The molecule has 3 nitrogen and oxygen atoms in total. The highest BCUT2D eigenvalue weighted by Crippen LogP contribution is 2.32. The van der Waals surface area contributed by atoms with Gasteiger partial charge in [-0.1, -0.05) is 26.2 Å². The summed E-state index contributed by atoms with van der Waals surface area (Å²) >= 11 is 5.43. The molecule has 102 valence electrons. The fourth-order valence-electron chi connectivity index (χ4n) is 3.24. The van der Waals surface area contributed by atoms with E-state index in [4.69, 9.17) is 12.2 Å². The number of imidazole rings is 1. The third kappa shape index (κ3) is 2.59. The summed E-state index contributed by atoms with van der Waals surface area (Å²) in [6.45, 7) is 3.33. The number of hydrogen-bond acceptors (Lipinski definition) is 2. The normalized spacial score (nSPS) is 23.8. The van der Waals surface area contributed by atoms with Crippen LogP contribution in [-0.2, 0) is 6.54 Å². The molecule has 0 atom stereocenters. The smallest absolute Gasteiger partial charge is 0.179 e. The Hall–Kier alpha value is -1.16. The number of fused-ring (bicyclic) bond motifs is 1. The van der Waals surface area contributed by atoms with Crippen LogP contribution in [0.4, 0.5) is 0 Å². The minimum atomic E-state index is 0.760. The molecule has 1 saturated carbocycles. The number of nitrogens with zero attached hydrogens (tertiary/aromatic N) is 2. The van der Waals surface area contributed by atoms with Crippen molar-refractivity contribution in [2.45, 2.75) is 45.6 Å². The molecule has 1 fully saturated rings. The standard InChI is InChI=1S/C15H21N3S/c1-2-11-5-7-12(8-6-11)10-18-14-13(17-15(18)19)4-3-9-16-14/h3-4,9,11-12H,2,5-8,10H2,1H3,(H,17,19). The van der Waals surface area contributed by atoms with Gasteiger partial charge in [-0.2, -0.15) is 0 Å². The molecular weight excluding hydrogens is 254 g/mol. The first-order valence-corrected chi connectivity index (χ1v) is 7.72. The van der Waals surface area contributed by atoms with E-state index < -0.39 is 0 Å². The first-order chi connectivity index (χ1) is 9.28. The maximum atomic E-state index is 5.43. The highest BCUT2D eigenvalue weighted by atomic mass is 32.1. The summed E-state index contributed by atoms with van der Waals surface area (Å²) in [4.78, 5) is 7.72. The summed E-state index contributed by atoms with van der Waals surface area (Å²) in [6, 6.07) is 3.99. The van der Waals surface area contributed by atoms with Crippen molar-refractivity contribution in [2.75, 3.05) is 0 Å². The number of H-pyrrole nitrogens is 1. The summed E-state index contributed by atoms with van der Waals surface area (Å²) in [5.74, 6) is 1.71. The Labute approximate surface area is 119 Å². The zero-order valence-electron chi connectivity index (χ0n) is 11.4. The van der Waals surface area contributed by atoms with Crippen molar-refractivity contribution in [3.63, 3.8) is 0 Å². The van der Waals surface area contributed by atoms with Crippen molar-refractivity contribution in [1.29, 1.82) is 0 Å². The van der Waals surface area contributed by atoms with Crippen LogP contribution >= 0.6 is 12.2 Å². The molecule has 1 aliphatic carbocycles. The topological polar surface area (TPSA) is 33.6 Å². The molecule has 2 aromatic heterocycles. The fourth-order valence-corrected chi connectivity index (χ4v) is 3.51. The second kappa shape index (κ2) is 5.45. The van der Waals surface area contributed by atoms with Gasteiger partial charge in [0.15, 0.2) is 10.4 Å². The summed E-state index contributed by atoms with van der Waals surface area (Å²) in [5, 5.41) is 0. The maximum Gasteiger partial charge on any atom is 0.179 e. The van der Waals surface area contributed by atoms with Crippen LogP contribution in [0.1, 0.15) is 39.0 Å². The van der Waals surface area contributed by atoms with Gasteiger partial charge in [-0.3, -0.25) is 0 Å². The van der Waals surface area contributed by atoms with Crippen LogP contribution in [0.5, 0.6) is 0 Å². The molecule has 19 heavy (non-hydrogen) atoms. The van der Waals surface area contributed by atoms with Gasteiger partial charge in [-0.05, 0) is 49.0 Å². The predicted octanol–water partition coefficient (Wildman–Crippen LogP) is 4.31. The molecule has 0 aromatic carbocycles. The number of aromatic amines is 1. The molecule has 0 saturated heterocycles. The Kier molecular flexibility index (Phi) is 3.69. The Morgan fingerprint density at radius 2 is 2.05 bits per heavy atom. The Balaban J connectivity index is 1.79. The van der Waals surface area contributed by atoms with Gasteiger partial charge >= 0.3 is 0 Å². The van der Waals surface area contributed by atoms with Crippen LogP contribution in [0.3, 0.4) is 0 Å². The van der Waals surface area contributed by atoms with Crippen molar-refractivity contribution in [2.24, 2.45) is 11.8 Å². The van der Waals surface area contributed by atoms with Crippen LogP contribution in [-0.4, -0.2) is 14.5 Å². The van der Waals surface area contributed by atoms with E-state index in [1.165, 1.54) is 32.1 Å². The maximum absolute atomic E-state index is 5.43. The first kappa shape index (κ1) is 12.9. The van der Waals surface area contributed by atoms with Gasteiger partial charge in [0, 0.05) is 12.7 Å². The Bertz CT molecular complexity index is 605. The quantitative estimate of drug-likeness (QED) is 0.847. The van der Waals surface area contributed by atoms with Crippen LogP contribution in [0, 0.1) is 16.6 Å². The van der Waals surface area contributed by atoms with E-state index >= 15 is 0 Å². The molecule has 0 spiro atoms. The molecule has 3 rings (SSSR count). The zero-order valence-corrected chi connectivity index (χ0v) is 12.2. The molecule has 2 heterocycles. The van der Waals surface area contributed by atoms with Crippen molar-refractivity contribution in [3.8, 4) is 0 Å². The molecule has 1 aliphatic rings. The van der Waals surface area contributed by atoms with E-state index in [0.717, 1.165) is 34.3 Å². The lowest BCUT2D eigenvalue weighted by atomic mass is 9.81. The molecule has 0 radical (unpaired) electrons. The summed E-state index contributed by atoms with van der Waals surface area (Å²) in [6.07, 6.45) is 8.60. The van der Waals surface area contributed by atoms with E-state index in [1.54, 1.807) is 0 Å². The Morgan fingerprint density at radius 1 is 1.32 bits per heavy atom. The highest BCUT2D eigenvalue weighted by Gasteiger charge is 2.21. The molecule has 0 unspecified atom stereocenters. The van der Waals surface area contributed by atoms with Crippen LogP contribution < -0.4 is 0 Å². The lowest BCUT2D eigenvalue weighted by molar-refractivity contribution is 0.248. The molecule has 0 aliphatic heterocycles. The first-order valence-electron chi connectivity index (χ1n) is 7.31. The molecule has 4 heteroatoms. The van der Waals surface area contributed by atoms with Crippen molar-refractivity contribution < 1.29 is 0 Å². The fraction of sp³-hybridized carbons (Fsp3) is 0.600. The monoisotopic (exact) mass is 275 g/mol. The Morgan fingerprint density at radius 3 is 2.79 bits per heavy atom. The van der Waals surface area contributed by atoms with Crippen molar-refractivity contribution >= 4 is 23.4 Å². The van der Waals surface area contributed by atoms with Crippen LogP contribution in [0.2, 0.25) is 0 Å². The lowest BCUT2D eigenvalue weighted by Gasteiger charge is -2.27. The third-order valence-electron chi connectivity index (χ3n) is 4.51. The molecular formula is C15H21N3S. The predicted molar refractivity (Wildman–Crippen MR) is 80.7 cm³/mol. The number of nitrogens with one attached hydrogen (secondary N) is 1. The average Bonchev–Trinajstić information content (AvgIpc) is 2.76. The molecule has 1 N–H and O–H groups in total. The third-order valence-corrected chi connectivity index (χ3v) is 4.84. The minimum Gasteiger partial charge on any atom is -0.329 e. The second-order valence-corrected chi connectivity index (χ2v) is 6.10. The van der Waals surface area contributed by atoms with Gasteiger partial charge in [0.2, 0.25) is 0 Å². The summed E-state index contributed by atoms with van der Waals surface area (Å²) in [5.41, 5.74) is 2.06. The van der Waals surface area contributed by atoms with Crippen LogP contribution in [0.15, 0.2) is 18.3 Å². The average molecular weight is 275 g/mol. The highest BCUT2D eigenvalue weighted by molar-refractivity contribution is 7.71. The number of hydrogen-bond donors (Lipinski definition) is 1. The van der Waals surface area contributed by atoms with Gasteiger partial charge in [-0.25, -0.2) is 4.98 Å².